The van der Waals surface area contributed by atoms with Gasteiger partial charge in [-0.2, -0.15) is 35.4 Å². The van der Waals surface area contributed by atoms with E-state index in [1.807, 2.05) is 91.0 Å². The molecule has 0 spiro atoms. The Kier molecular flexibility index (Phi) is 14.9. The Bertz CT molecular complexity index is 3200. The first-order valence-corrected chi connectivity index (χ1v) is 24.3. The normalized spacial score (nSPS) is 23.2. The van der Waals surface area contributed by atoms with Crippen molar-refractivity contribution < 1.29 is 75.0 Å². The van der Waals surface area contributed by atoms with Crippen LogP contribution in [0.3, 0.4) is 0 Å². The molecule has 72 heavy (non-hydrogen) atoms. The molecule has 8 heterocycles. The van der Waals surface area contributed by atoms with Crippen LogP contribution in [-0.2, 0) is 78.3 Å². The van der Waals surface area contributed by atoms with Crippen molar-refractivity contribution in [3.05, 3.63) is 164 Å². The molecule has 0 aromatic heterocycles. The number of amides is 2. The number of nitrogens with zero attached hydrogens (tertiary/aromatic N) is 8. The Morgan fingerprint density at radius 2 is 0.903 bits per heavy atom. The molecule has 12 rings (SSSR count). The first-order valence-electron chi connectivity index (χ1n) is 24.3. The van der Waals surface area contributed by atoms with E-state index in [1.54, 1.807) is 0 Å². The number of benzene rings is 4. The second kappa shape index (κ2) is 20.8. The molecule has 4 fully saturated rings. The predicted octanol–water partition coefficient (Wildman–Crippen LogP) is 9.86. The molecule has 0 unspecified atom stereocenters. The molecule has 0 bridgehead atoms. The van der Waals surface area contributed by atoms with Gasteiger partial charge in [-0.15, -0.1) is 12.1 Å². The maximum absolute atomic E-state index is 13.3. The minimum Gasteiger partial charge on any atom is -0.354 e. The van der Waals surface area contributed by atoms with E-state index >= 15 is 0 Å². The van der Waals surface area contributed by atoms with Gasteiger partial charge in [0, 0.05) is 116 Å². The van der Waals surface area contributed by atoms with Crippen LogP contribution in [0.15, 0.2) is 116 Å². The number of rotatable bonds is 4. The minimum atomic E-state index is -0.00495. The van der Waals surface area contributed by atoms with Gasteiger partial charge in [0.25, 0.3) is 11.8 Å². The van der Waals surface area contributed by atoms with E-state index in [0.717, 1.165) is 111 Å². The second-order valence-corrected chi connectivity index (χ2v) is 19.9. The van der Waals surface area contributed by atoms with Gasteiger partial charge in [-0.05, 0) is 124 Å². The third-order valence-corrected chi connectivity index (χ3v) is 15.1. The number of hydrogen-bond acceptors (Lipinski definition) is 8. The third-order valence-electron chi connectivity index (χ3n) is 15.1. The van der Waals surface area contributed by atoms with E-state index in [2.05, 4.69) is 72.1 Å². The van der Waals surface area contributed by atoms with Crippen LogP contribution in [0.25, 0.3) is 0 Å². The van der Waals surface area contributed by atoms with E-state index in [-0.39, 0.29) is 101 Å². The minimum absolute atomic E-state index is 0. The van der Waals surface area contributed by atoms with Gasteiger partial charge in [-0.3, -0.25) is 40.4 Å². The molecule has 4 aromatic rings. The van der Waals surface area contributed by atoms with Gasteiger partial charge in [-0.25, -0.2) is 0 Å². The molecule has 2 radical (unpaired) electrons. The Morgan fingerprint density at radius 3 is 1.36 bits per heavy atom. The van der Waals surface area contributed by atoms with Gasteiger partial charge in [0.1, 0.15) is 0 Å². The van der Waals surface area contributed by atoms with E-state index < -0.39 is 0 Å². The fourth-order valence-corrected chi connectivity index (χ4v) is 11.1. The van der Waals surface area contributed by atoms with Crippen molar-refractivity contribution >= 4 is 71.1 Å². The molecule has 8 aliphatic rings. The molecule has 2 N–H and O–H groups in total. The van der Waals surface area contributed by atoms with Crippen molar-refractivity contribution in [2.75, 3.05) is 26.2 Å². The summed E-state index contributed by atoms with van der Waals surface area (Å²) in [5, 5.41) is 17.5. The predicted molar refractivity (Wildman–Crippen MR) is 280 cm³/mol. The Hall–Kier alpha value is -5.39. The van der Waals surface area contributed by atoms with Crippen molar-refractivity contribution in [3.8, 4) is 0 Å². The van der Waals surface area contributed by atoms with Crippen LogP contribution in [0, 0.1) is 36.8 Å². The number of hydrogen-bond donors (Lipinski definition) is 2. The summed E-state index contributed by atoms with van der Waals surface area (Å²) in [4.78, 5) is 53.4. The zero-order valence-corrected chi connectivity index (χ0v) is 47.1. The van der Waals surface area contributed by atoms with Crippen LogP contribution in [-0.4, -0.2) is 118 Å². The summed E-state index contributed by atoms with van der Waals surface area (Å²) in [6, 6.07) is 23.0. The van der Waals surface area contributed by atoms with Crippen LogP contribution >= 0.6 is 0 Å². The van der Waals surface area contributed by atoms with Gasteiger partial charge < -0.3 is 19.6 Å². The summed E-state index contributed by atoms with van der Waals surface area (Å²) < 4.78 is 0. The number of amidine groups is 2. The SMILES string of the molecule is C/C=C1\C[C@H]2C=Nc3cc(Cc4cc5c(cc4C)C(=O)N4C/C(=C/C)C[C@H]4C=N5)[c-]cc3C(=N)N2C1.C=C1C[C@H]2C=Nc3cc(Cc4cc5c(cc4C)C(=O)N4CC(=C)C[C@H]4C=N5)[c-]cc3C(=N)N2C1.[Y].[Y]. The van der Waals surface area contributed by atoms with Crippen molar-refractivity contribution in [2.24, 2.45) is 20.0 Å². The summed E-state index contributed by atoms with van der Waals surface area (Å²) in [6.45, 7) is 19.1. The van der Waals surface area contributed by atoms with E-state index in [0.29, 0.717) is 55.3 Å². The molecule has 12 nitrogen and oxygen atoms in total. The Morgan fingerprint density at radius 1 is 0.542 bits per heavy atom. The molecule has 14 heteroatoms. The zero-order chi connectivity index (χ0) is 48.5. The van der Waals surface area contributed by atoms with Gasteiger partial charge >= 0.3 is 0 Å². The van der Waals surface area contributed by atoms with Crippen LogP contribution < -0.4 is 0 Å². The number of fused-ring (bicyclic) bond motifs is 8. The molecule has 8 aliphatic heterocycles. The molecule has 2 amide bonds. The fourth-order valence-electron chi connectivity index (χ4n) is 11.1. The summed E-state index contributed by atoms with van der Waals surface area (Å²) in [5.41, 5.74) is 17.3. The number of nitrogens with one attached hydrogen (secondary N) is 2. The maximum atomic E-state index is 13.3. The average Bonchev–Trinajstić information content (AvgIpc) is 4.11. The Balaban J connectivity index is 0.000000173. The number of aliphatic imine (C=N–C) groups is 4. The number of aryl methyl sites for hydroxylation is 2. The smallest absolute Gasteiger partial charge is 0.256 e. The van der Waals surface area contributed by atoms with Crippen molar-refractivity contribution in [1.82, 2.24) is 19.6 Å². The van der Waals surface area contributed by atoms with Gasteiger partial charge in [-0.1, -0.05) is 58.7 Å². The molecule has 0 aliphatic carbocycles. The topological polar surface area (TPSA) is 144 Å². The maximum Gasteiger partial charge on any atom is 0.256 e. The molecular weight excluding hydrogens is 1050 g/mol. The number of allylic oxidation sites excluding steroid dienone is 2. The number of carbonyl (C=O) groups is 2. The molecular formula is C58H56N10O2Y2-2. The third kappa shape index (κ3) is 9.65. The Labute approximate surface area is 472 Å². The van der Waals surface area contributed by atoms with Crippen molar-refractivity contribution in [3.63, 3.8) is 0 Å². The van der Waals surface area contributed by atoms with E-state index in [1.165, 1.54) is 11.1 Å². The summed E-state index contributed by atoms with van der Waals surface area (Å²) in [7, 11) is 0. The number of carbonyl (C=O) groups excluding carboxylic acids is 2. The average molecular weight is 1100 g/mol. The first-order chi connectivity index (χ1) is 33.8. The van der Waals surface area contributed by atoms with Gasteiger partial charge in [0.15, 0.2) is 0 Å². The summed E-state index contributed by atoms with van der Waals surface area (Å²) in [6.07, 6.45) is 16.7. The van der Waals surface area contributed by atoms with E-state index in [4.69, 9.17) is 25.8 Å². The molecule has 4 saturated heterocycles. The molecule has 358 valence electrons. The van der Waals surface area contributed by atoms with E-state index in [9.17, 15) is 9.59 Å². The van der Waals surface area contributed by atoms with Crippen LogP contribution in [0.2, 0.25) is 0 Å². The first kappa shape index (κ1) is 51.5. The second-order valence-electron chi connectivity index (χ2n) is 19.9. The van der Waals surface area contributed by atoms with Crippen LogP contribution in [0.4, 0.5) is 22.7 Å². The van der Waals surface area contributed by atoms with Crippen molar-refractivity contribution in [1.29, 1.82) is 10.8 Å². The van der Waals surface area contributed by atoms with Crippen LogP contribution in [0.1, 0.15) is 105 Å². The summed E-state index contributed by atoms with van der Waals surface area (Å²) >= 11 is 0. The van der Waals surface area contributed by atoms with Gasteiger partial charge in [0.2, 0.25) is 0 Å². The standard InChI is InChI=1S/C30H30N5O.C28H26N5O.2Y/c1-4-19-10-23-14-32-27-12-21(6-7-25(27)29(31)34(23)16-19)9-22-13-28-26(8-18(22)3)30(36)35-17-20(5-2)11-24(35)15-33-28;1-16-6-21-12-30-25-10-19(4-5-23(25)27(29)32(21)14-16)9-20-11-26-24(8-18(20)3)28(34)33-15-17(2)7-22(33)13-31-26;;/h4-5,7-8,12-15,23-24,31H,9-11,16-17H2,1-3H3;5,8,10-13,21-22,29H,1-2,6-7,9,14-15H2,3H3;;/q2*-1;;/b19-4+,20-5+,31-29?;;;/t23-,24-;21-,22-;;/m00../s1. The van der Waals surface area contributed by atoms with Crippen LogP contribution in [0.5, 0.6) is 0 Å². The fraction of sp³-hybridized carbons (Fsp3) is 0.310. The van der Waals surface area contributed by atoms with Gasteiger partial charge in [0.05, 0.1) is 58.3 Å². The molecule has 0 saturated carbocycles. The molecule has 4 atom stereocenters. The van der Waals surface area contributed by atoms with Crippen molar-refractivity contribution in [2.45, 2.75) is 90.4 Å². The molecule has 4 aromatic carbocycles. The quantitative estimate of drug-likeness (QED) is 0.155. The summed E-state index contributed by atoms with van der Waals surface area (Å²) in [5.74, 6) is 1.09. The largest absolute Gasteiger partial charge is 0.354 e. The monoisotopic (exact) mass is 1100 g/mol. The zero-order valence-electron chi connectivity index (χ0n) is 41.4.